The highest BCUT2D eigenvalue weighted by Gasteiger charge is 2.33. The van der Waals surface area contributed by atoms with E-state index in [1.807, 2.05) is 30.3 Å². The maximum atomic E-state index is 13.5. The van der Waals surface area contributed by atoms with Gasteiger partial charge < -0.3 is 14.6 Å². The van der Waals surface area contributed by atoms with Gasteiger partial charge in [-0.1, -0.05) is 53.8 Å². The van der Waals surface area contributed by atoms with Crippen molar-refractivity contribution in [1.29, 1.82) is 0 Å². The minimum Gasteiger partial charge on any atom is -0.482 e. The third kappa shape index (κ3) is 4.69. The van der Waals surface area contributed by atoms with Crippen LogP contribution in [0, 0.1) is 0 Å². The minimum atomic E-state index is -1.08. The quantitative estimate of drug-likeness (QED) is 0.522. The van der Waals surface area contributed by atoms with Crippen LogP contribution in [0.2, 0.25) is 0 Å². The van der Waals surface area contributed by atoms with Crippen LogP contribution < -0.4 is 19.6 Å². The highest BCUT2D eigenvalue weighted by atomic mass is 32.1. The number of carboxylic acid groups (broad SMARTS) is 1. The first-order valence-corrected chi connectivity index (χ1v) is 11.4. The summed E-state index contributed by atoms with van der Waals surface area (Å²) >= 11 is 1.22. The topological polar surface area (TPSA) is 107 Å². The van der Waals surface area contributed by atoms with Gasteiger partial charge in [-0.3, -0.25) is 9.36 Å². The van der Waals surface area contributed by atoms with Crippen LogP contribution in [0.25, 0.3) is 6.08 Å². The van der Waals surface area contributed by atoms with E-state index < -0.39 is 24.6 Å². The van der Waals surface area contributed by atoms with Crippen LogP contribution in [0.5, 0.6) is 5.75 Å². The van der Waals surface area contributed by atoms with Gasteiger partial charge in [-0.15, -0.1) is 0 Å². The number of ether oxygens (including phenoxy) is 2. The zero-order chi connectivity index (χ0) is 24.2. The predicted molar refractivity (Wildman–Crippen MR) is 126 cm³/mol. The molecule has 0 saturated carbocycles. The highest BCUT2D eigenvalue weighted by molar-refractivity contribution is 7.07. The van der Waals surface area contributed by atoms with Crippen LogP contribution in [-0.2, 0) is 14.3 Å². The fourth-order valence-electron chi connectivity index (χ4n) is 3.73. The number of aliphatic carboxylic acids is 1. The molecule has 0 saturated heterocycles. The molecular formula is C25H22N2O6S. The van der Waals surface area contributed by atoms with Gasteiger partial charge >= 0.3 is 11.9 Å². The lowest BCUT2D eigenvalue weighted by molar-refractivity contribution is -0.140. The van der Waals surface area contributed by atoms with Crippen LogP contribution >= 0.6 is 11.3 Å². The monoisotopic (exact) mass is 478 g/mol. The SMILES string of the molecule is CCOC(=O)C1=C(C)N=c2s/c(=C/c3cccc(OCC(=O)O)c3)c(=O)n2C1c1ccccc1. The molecular weight excluding hydrogens is 456 g/mol. The number of hydrogen-bond donors (Lipinski definition) is 1. The van der Waals surface area contributed by atoms with E-state index >= 15 is 0 Å². The molecule has 2 heterocycles. The van der Waals surface area contributed by atoms with Crippen molar-refractivity contribution in [2.24, 2.45) is 4.99 Å². The number of aromatic nitrogens is 1. The molecule has 1 aliphatic rings. The second-order valence-corrected chi connectivity index (χ2v) is 8.48. The number of carboxylic acids is 1. The first-order valence-electron chi connectivity index (χ1n) is 10.6. The molecule has 9 heteroatoms. The zero-order valence-corrected chi connectivity index (χ0v) is 19.4. The largest absolute Gasteiger partial charge is 0.482 e. The van der Waals surface area contributed by atoms with E-state index in [1.54, 1.807) is 44.2 Å². The minimum absolute atomic E-state index is 0.210. The molecule has 0 radical (unpaired) electrons. The summed E-state index contributed by atoms with van der Waals surface area (Å²) in [4.78, 5) is 42.2. The van der Waals surface area contributed by atoms with Gasteiger partial charge in [-0.2, -0.15) is 0 Å². The zero-order valence-electron chi connectivity index (χ0n) is 18.6. The van der Waals surface area contributed by atoms with Gasteiger partial charge in [0, 0.05) is 0 Å². The summed E-state index contributed by atoms with van der Waals surface area (Å²) in [6.07, 6.45) is 1.70. The molecule has 3 aromatic rings. The number of fused-ring (bicyclic) bond motifs is 1. The molecule has 1 aliphatic heterocycles. The lowest BCUT2D eigenvalue weighted by atomic mass is 9.96. The Morgan fingerprint density at radius 2 is 1.94 bits per heavy atom. The van der Waals surface area contributed by atoms with Gasteiger partial charge in [0.2, 0.25) is 0 Å². The van der Waals surface area contributed by atoms with Crippen molar-refractivity contribution in [3.63, 3.8) is 0 Å². The van der Waals surface area contributed by atoms with Crippen LogP contribution in [-0.4, -0.2) is 34.8 Å². The van der Waals surface area contributed by atoms with Gasteiger partial charge in [-0.25, -0.2) is 14.6 Å². The van der Waals surface area contributed by atoms with Gasteiger partial charge in [-0.05, 0) is 43.2 Å². The van der Waals surface area contributed by atoms with E-state index in [0.717, 1.165) is 5.56 Å². The fourth-order valence-corrected chi connectivity index (χ4v) is 4.78. The maximum absolute atomic E-state index is 13.5. The van der Waals surface area contributed by atoms with Gasteiger partial charge in [0.15, 0.2) is 11.4 Å². The molecule has 1 atom stereocenters. The summed E-state index contributed by atoms with van der Waals surface area (Å²) in [7, 11) is 0. The smallest absolute Gasteiger partial charge is 0.341 e. The van der Waals surface area contributed by atoms with Gasteiger partial charge in [0.1, 0.15) is 5.75 Å². The summed E-state index contributed by atoms with van der Waals surface area (Å²) in [5.74, 6) is -1.20. The molecule has 4 rings (SSSR count). The van der Waals surface area contributed by atoms with Crippen LogP contribution in [0.3, 0.4) is 0 Å². The number of nitrogens with zero attached hydrogens (tertiary/aromatic N) is 2. The first-order chi connectivity index (χ1) is 16.4. The molecule has 8 nitrogen and oxygen atoms in total. The summed E-state index contributed by atoms with van der Waals surface area (Å²) in [6.45, 7) is 3.22. The van der Waals surface area contributed by atoms with E-state index in [4.69, 9.17) is 14.6 Å². The van der Waals surface area contributed by atoms with E-state index in [-0.39, 0.29) is 12.2 Å². The Morgan fingerprint density at radius 1 is 1.18 bits per heavy atom. The molecule has 1 N–H and O–H groups in total. The normalized spacial score (nSPS) is 15.5. The van der Waals surface area contributed by atoms with E-state index in [0.29, 0.717) is 31.9 Å². The Bertz CT molecular complexity index is 1450. The van der Waals surface area contributed by atoms with Gasteiger partial charge in [0.05, 0.1) is 28.5 Å². The molecule has 0 bridgehead atoms. The van der Waals surface area contributed by atoms with Crippen LogP contribution in [0.15, 0.2) is 75.7 Å². The lowest BCUT2D eigenvalue weighted by Gasteiger charge is -2.24. The Labute approximate surface area is 198 Å². The van der Waals surface area contributed by atoms with Crippen molar-refractivity contribution >= 4 is 29.4 Å². The Hall–Kier alpha value is -3.98. The van der Waals surface area contributed by atoms with E-state index in [1.165, 1.54) is 15.9 Å². The Kier molecular flexibility index (Phi) is 6.74. The molecule has 0 fully saturated rings. The average molecular weight is 479 g/mol. The average Bonchev–Trinajstić information content (AvgIpc) is 3.12. The molecule has 0 aliphatic carbocycles. The Morgan fingerprint density at radius 3 is 2.65 bits per heavy atom. The second-order valence-electron chi connectivity index (χ2n) is 7.47. The van der Waals surface area contributed by atoms with Crippen molar-refractivity contribution in [2.45, 2.75) is 19.9 Å². The van der Waals surface area contributed by atoms with Crippen molar-refractivity contribution in [3.8, 4) is 5.75 Å². The number of thiazole rings is 1. The summed E-state index contributed by atoms with van der Waals surface area (Å²) in [5.41, 5.74) is 1.99. The molecule has 0 spiro atoms. The number of rotatable bonds is 7. The Balaban J connectivity index is 1.84. The third-order valence-electron chi connectivity index (χ3n) is 5.15. The number of benzene rings is 2. The summed E-state index contributed by atoms with van der Waals surface area (Å²) in [6, 6.07) is 15.4. The van der Waals surface area contributed by atoms with E-state index in [2.05, 4.69) is 4.99 Å². The van der Waals surface area contributed by atoms with Gasteiger partial charge in [0.25, 0.3) is 5.56 Å². The maximum Gasteiger partial charge on any atom is 0.341 e. The standard InChI is InChI=1S/C25H22N2O6S/c1-3-32-24(31)21-15(2)26-25-27(22(21)17-9-5-4-6-10-17)23(30)19(34-25)13-16-8-7-11-18(12-16)33-14-20(28)29/h4-13,22H,3,14H2,1-2H3,(H,28,29)/b19-13+. The first kappa shape index (κ1) is 23.2. The van der Waals surface area contributed by atoms with Crippen molar-refractivity contribution in [3.05, 3.63) is 96.7 Å². The van der Waals surface area contributed by atoms with Crippen LogP contribution in [0.4, 0.5) is 0 Å². The number of hydrogen-bond acceptors (Lipinski definition) is 7. The predicted octanol–water partition coefficient (Wildman–Crippen LogP) is 2.26. The summed E-state index contributed by atoms with van der Waals surface area (Å²) in [5, 5.41) is 8.82. The van der Waals surface area contributed by atoms with Crippen molar-refractivity contribution in [2.75, 3.05) is 13.2 Å². The number of esters is 1. The van der Waals surface area contributed by atoms with Crippen molar-refractivity contribution < 1.29 is 24.2 Å². The molecule has 34 heavy (non-hydrogen) atoms. The van der Waals surface area contributed by atoms with Crippen molar-refractivity contribution in [1.82, 2.24) is 4.57 Å². The number of carbonyl (C=O) groups is 2. The molecule has 174 valence electrons. The summed E-state index contributed by atoms with van der Waals surface area (Å²) < 4.78 is 12.5. The van der Waals surface area contributed by atoms with E-state index in [9.17, 15) is 14.4 Å². The highest BCUT2D eigenvalue weighted by Crippen LogP contribution is 2.30. The number of allylic oxidation sites excluding steroid dienone is 1. The lowest BCUT2D eigenvalue weighted by Crippen LogP contribution is -2.39. The number of carbonyl (C=O) groups excluding carboxylic acids is 1. The molecule has 1 aromatic heterocycles. The fraction of sp³-hybridized carbons (Fsp3) is 0.200. The molecule has 1 unspecified atom stereocenters. The van der Waals surface area contributed by atoms with Crippen LogP contribution in [0.1, 0.15) is 31.0 Å². The molecule has 0 amide bonds. The second kappa shape index (κ2) is 9.88. The molecule has 2 aromatic carbocycles. The third-order valence-corrected chi connectivity index (χ3v) is 6.13.